The number of nitrogens with zero attached hydrogens (tertiary/aromatic N) is 1. The summed E-state index contributed by atoms with van der Waals surface area (Å²) in [5.41, 5.74) is 2.34. The van der Waals surface area contributed by atoms with Gasteiger partial charge < -0.3 is 14.7 Å². The molecule has 2 heterocycles. The van der Waals surface area contributed by atoms with Gasteiger partial charge in [-0.1, -0.05) is 24.3 Å². The molecular weight excluding hydrogens is 282 g/mol. The standard InChI is InChI=1S/C17H21NO4/c19-16(18-8-3-5-13(11-18)17(20)21)10-15-14-6-2-1-4-12(14)7-9-22-15/h1-2,4,6,13,15H,3,5,7-11H2,(H,20,21)/t13-,15?/m0/s1. The van der Waals surface area contributed by atoms with E-state index in [0.29, 0.717) is 32.5 Å². The third-order valence-corrected chi connectivity index (χ3v) is 4.58. The monoisotopic (exact) mass is 303 g/mol. The van der Waals surface area contributed by atoms with Gasteiger partial charge in [-0.25, -0.2) is 0 Å². The smallest absolute Gasteiger partial charge is 0.308 e. The van der Waals surface area contributed by atoms with E-state index in [4.69, 9.17) is 9.84 Å². The summed E-state index contributed by atoms with van der Waals surface area (Å²) >= 11 is 0. The summed E-state index contributed by atoms with van der Waals surface area (Å²) in [6.07, 6.45) is 2.38. The minimum atomic E-state index is -0.809. The van der Waals surface area contributed by atoms with Gasteiger partial charge in [0.2, 0.25) is 5.91 Å². The first-order chi connectivity index (χ1) is 10.6. The van der Waals surface area contributed by atoms with E-state index >= 15 is 0 Å². The number of aliphatic carboxylic acids is 1. The van der Waals surface area contributed by atoms with E-state index in [1.165, 1.54) is 5.56 Å². The molecule has 2 atom stereocenters. The topological polar surface area (TPSA) is 66.8 Å². The van der Waals surface area contributed by atoms with E-state index in [9.17, 15) is 9.59 Å². The number of fused-ring (bicyclic) bond motifs is 1. The van der Waals surface area contributed by atoms with E-state index in [0.717, 1.165) is 18.4 Å². The lowest BCUT2D eigenvalue weighted by Crippen LogP contribution is -2.43. The highest BCUT2D eigenvalue weighted by atomic mass is 16.5. The zero-order valence-corrected chi connectivity index (χ0v) is 12.5. The molecule has 2 aliphatic rings. The van der Waals surface area contributed by atoms with Crippen LogP contribution in [0, 0.1) is 5.92 Å². The number of carbonyl (C=O) groups is 2. The zero-order valence-electron chi connectivity index (χ0n) is 12.5. The van der Waals surface area contributed by atoms with Crippen LogP contribution in [0.1, 0.15) is 36.5 Å². The van der Waals surface area contributed by atoms with E-state index in [-0.39, 0.29) is 12.0 Å². The first-order valence-corrected chi connectivity index (χ1v) is 7.85. The molecule has 0 bridgehead atoms. The SMILES string of the molecule is O=C(O)[C@H]1CCCN(C(=O)CC2OCCc3ccccc32)C1. The quantitative estimate of drug-likeness (QED) is 0.927. The van der Waals surface area contributed by atoms with Gasteiger partial charge in [0, 0.05) is 13.1 Å². The highest BCUT2D eigenvalue weighted by molar-refractivity contribution is 5.78. The average Bonchev–Trinajstić information content (AvgIpc) is 2.55. The summed E-state index contributed by atoms with van der Waals surface area (Å²) in [6, 6.07) is 8.07. The minimum Gasteiger partial charge on any atom is -0.481 e. The van der Waals surface area contributed by atoms with Gasteiger partial charge in [-0.3, -0.25) is 9.59 Å². The minimum absolute atomic E-state index is 0.00680. The highest BCUT2D eigenvalue weighted by Gasteiger charge is 2.30. The Bertz CT molecular complexity index is 572. The molecule has 0 spiro atoms. The van der Waals surface area contributed by atoms with Crippen LogP contribution in [0.25, 0.3) is 0 Å². The Morgan fingerprint density at radius 2 is 2.14 bits per heavy atom. The van der Waals surface area contributed by atoms with Crippen LogP contribution in [-0.4, -0.2) is 41.6 Å². The molecule has 1 amide bonds. The number of ether oxygens (including phenoxy) is 1. The van der Waals surface area contributed by atoms with Crippen LogP contribution in [0.15, 0.2) is 24.3 Å². The van der Waals surface area contributed by atoms with Crippen molar-refractivity contribution in [2.45, 2.75) is 31.8 Å². The lowest BCUT2D eigenvalue weighted by atomic mass is 9.94. The molecule has 1 unspecified atom stereocenters. The molecule has 1 aromatic rings. The van der Waals surface area contributed by atoms with E-state index < -0.39 is 11.9 Å². The molecule has 0 saturated carbocycles. The first kappa shape index (κ1) is 15.0. The molecular formula is C17H21NO4. The van der Waals surface area contributed by atoms with Gasteiger partial charge in [0.25, 0.3) is 0 Å². The Balaban J connectivity index is 1.66. The Hall–Kier alpha value is -1.88. The van der Waals surface area contributed by atoms with Crippen molar-refractivity contribution in [3.63, 3.8) is 0 Å². The van der Waals surface area contributed by atoms with Crippen molar-refractivity contribution in [3.05, 3.63) is 35.4 Å². The van der Waals surface area contributed by atoms with Gasteiger partial charge in [-0.2, -0.15) is 0 Å². The maximum atomic E-state index is 12.5. The summed E-state index contributed by atoms with van der Waals surface area (Å²) in [5.74, 6) is -1.25. The Morgan fingerprint density at radius 3 is 2.95 bits per heavy atom. The average molecular weight is 303 g/mol. The first-order valence-electron chi connectivity index (χ1n) is 7.85. The lowest BCUT2D eigenvalue weighted by Gasteiger charge is -2.33. The summed E-state index contributed by atoms with van der Waals surface area (Å²) < 4.78 is 5.78. The van der Waals surface area contributed by atoms with E-state index in [1.807, 2.05) is 18.2 Å². The molecule has 1 fully saturated rings. The normalized spacial score (nSPS) is 24.6. The molecule has 22 heavy (non-hydrogen) atoms. The van der Waals surface area contributed by atoms with E-state index in [2.05, 4.69) is 6.07 Å². The van der Waals surface area contributed by atoms with Gasteiger partial charge in [0.1, 0.15) is 0 Å². The second-order valence-electron chi connectivity index (χ2n) is 6.03. The number of likely N-dealkylation sites (tertiary alicyclic amines) is 1. The number of piperidine rings is 1. The van der Waals surface area contributed by atoms with Gasteiger partial charge in [-0.15, -0.1) is 0 Å². The van der Waals surface area contributed by atoms with Gasteiger partial charge in [-0.05, 0) is 30.4 Å². The van der Waals surface area contributed by atoms with Crippen LogP contribution in [0.5, 0.6) is 0 Å². The zero-order chi connectivity index (χ0) is 15.5. The Morgan fingerprint density at radius 1 is 1.32 bits per heavy atom. The largest absolute Gasteiger partial charge is 0.481 e. The molecule has 0 aliphatic carbocycles. The molecule has 0 aromatic heterocycles. The van der Waals surface area contributed by atoms with Crippen molar-refractivity contribution in [1.29, 1.82) is 0 Å². The van der Waals surface area contributed by atoms with Crippen molar-refractivity contribution in [2.24, 2.45) is 5.92 Å². The van der Waals surface area contributed by atoms with Crippen molar-refractivity contribution >= 4 is 11.9 Å². The molecule has 1 saturated heterocycles. The van der Waals surface area contributed by atoms with Crippen molar-refractivity contribution in [3.8, 4) is 0 Å². The fraction of sp³-hybridized carbons (Fsp3) is 0.529. The van der Waals surface area contributed by atoms with Crippen molar-refractivity contribution in [1.82, 2.24) is 4.90 Å². The third kappa shape index (κ3) is 3.14. The molecule has 5 nitrogen and oxygen atoms in total. The maximum absolute atomic E-state index is 12.5. The number of benzene rings is 1. The molecule has 2 aliphatic heterocycles. The number of hydrogen-bond donors (Lipinski definition) is 1. The summed E-state index contributed by atoms with van der Waals surface area (Å²) in [7, 11) is 0. The van der Waals surface area contributed by atoms with Crippen LogP contribution in [0.4, 0.5) is 0 Å². The number of hydrogen-bond acceptors (Lipinski definition) is 3. The van der Waals surface area contributed by atoms with Crippen LogP contribution in [0.2, 0.25) is 0 Å². The lowest BCUT2D eigenvalue weighted by molar-refractivity contribution is -0.146. The summed E-state index contributed by atoms with van der Waals surface area (Å²) in [4.78, 5) is 25.3. The van der Waals surface area contributed by atoms with Crippen LogP contribution < -0.4 is 0 Å². The van der Waals surface area contributed by atoms with E-state index in [1.54, 1.807) is 4.90 Å². The number of carboxylic acid groups (broad SMARTS) is 1. The molecule has 1 aromatic carbocycles. The Labute approximate surface area is 129 Å². The molecule has 1 N–H and O–H groups in total. The maximum Gasteiger partial charge on any atom is 0.308 e. The number of rotatable bonds is 3. The number of carbonyl (C=O) groups excluding carboxylic acids is 1. The second kappa shape index (κ2) is 6.48. The van der Waals surface area contributed by atoms with Gasteiger partial charge in [0.05, 0.1) is 25.0 Å². The Kier molecular flexibility index (Phi) is 4.43. The summed E-state index contributed by atoms with van der Waals surface area (Å²) in [6.45, 7) is 1.60. The van der Waals surface area contributed by atoms with Crippen molar-refractivity contribution < 1.29 is 19.4 Å². The molecule has 3 rings (SSSR count). The second-order valence-corrected chi connectivity index (χ2v) is 6.03. The number of carboxylic acids is 1. The van der Waals surface area contributed by atoms with Gasteiger partial charge >= 0.3 is 5.97 Å². The molecule has 5 heteroatoms. The van der Waals surface area contributed by atoms with Crippen LogP contribution >= 0.6 is 0 Å². The van der Waals surface area contributed by atoms with Crippen LogP contribution in [0.3, 0.4) is 0 Å². The fourth-order valence-electron chi connectivity index (χ4n) is 3.34. The highest BCUT2D eigenvalue weighted by Crippen LogP contribution is 2.30. The fourth-order valence-corrected chi connectivity index (χ4v) is 3.34. The predicted molar refractivity (Wildman–Crippen MR) is 80.4 cm³/mol. The number of amides is 1. The molecule has 118 valence electrons. The molecule has 0 radical (unpaired) electrons. The van der Waals surface area contributed by atoms with Gasteiger partial charge in [0.15, 0.2) is 0 Å². The summed E-state index contributed by atoms with van der Waals surface area (Å²) in [5, 5.41) is 9.13. The third-order valence-electron chi connectivity index (χ3n) is 4.58. The van der Waals surface area contributed by atoms with Crippen molar-refractivity contribution in [2.75, 3.05) is 19.7 Å². The predicted octanol–water partition coefficient (Wildman–Crippen LogP) is 2.01. The van der Waals surface area contributed by atoms with Crippen LogP contribution in [-0.2, 0) is 20.7 Å².